The van der Waals surface area contributed by atoms with E-state index >= 15 is 0 Å². The van der Waals surface area contributed by atoms with E-state index in [-0.39, 0.29) is 35.6 Å². The molecular formula is C31H30N2O4. The standard InChI is InChI=1S/C31H30N2O4/c1-2-15-32-25-16-22(20-9-5-3-6-10-20)17-27(35)30(25)26(34)14-13-24-31-28(36)18-23(19-29(31)37-33-24)21-11-7-4-8-12-21/h2-12,22-23,34H,1,13-19H2/b30-26+,32-25?. The summed E-state index contributed by atoms with van der Waals surface area (Å²) in [7, 11) is 0. The molecule has 2 aliphatic carbocycles. The van der Waals surface area contributed by atoms with Crippen LogP contribution in [0.1, 0.15) is 70.5 Å². The highest BCUT2D eigenvalue weighted by Crippen LogP contribution is 2.36. The molecule has 1 fully saturated rings. The number of rotatable bonds is 7. The summed E-state index contributed by atoms with van der Waals surface area (Å²) in [6.45, 7) is 4.10. The molecule has 1 saturated carbocycles. The van der Waals surface area contributed by atoms with Crippen LogP contribution in [0.2, 0.25) is 0 Å². The molecule has 0 spiro atoms. The molecule has 3 aromatic rings. The van der Waals surface area contributed by atoms with Gasteiger partial charge in [0.2, 0.25) is 0 Å². The second-order valence-corrected chi connectivity index (χ2v) is 9.70. The van der Waals surface area contributed by atoms with E-state index in [9.17, 15) is 14.7 Å². The minimum absolute atomic E-state index is 0.00572. The van der Waals surface area contributed by atoms with Crippen LogP contribution in [0, 0.1) is 0 Å². The molecule has 1 heterocycles. The molecule has 6 nitrogen and oxygen atoms in total. The number of carbonyl (C=O) groups is 2. The van der Waals surface area contributed by atoms with Crippen molar-refractivity contribution in [2.24, 2.45) is 4.99 Å². The Hall–Kier alpha value is -4.06. The minimum Gasteiger partial charge on any atom is -0.511 e. The third-order valence-electron chi connectivity index (χ3n) is 7.26. The lowest BCUT2D eigenvalue weighted by Crippen LogP contribution is -2.27. The number of aromatic nitrogens is 1. The Balaban J connectivity index is 1.34. The number of hydrogen-bond acceptors (Lipinski definition) is 6. The van der Waals surface area contributed by atoms with Gasteiger partial charge in [-0.2, -0.15) is 0 Å². The van der Waals surface area contributed by atoms with Gasteiger partial charge >= 0.3 is 0 Å². The molecule has 0 bridgehead atoms. The predicted molar refractivity (Wildman–Crippen MR) is 142 cm³/mol. The molecule has 2 atom stereocenters. The molecule has 2 unspecified atom stereocenters. The van der Waals surface area contributed by atoms with Crippen LogP contribution < -0.4 is 0 Å². The molecule has 0 aliphatic heterocycles. The van der Waals surface area contributed by atoms with Crippen molar-refractivity contribution in [1.82, 2.24) is 5.16 Å². The van der Waals surface area contributed by atoms with Crippen molar-refractivity contribution in [2.75, 3.05) is 6.54 Å². The van der Waals surface area contributed by atoms with Crippen LogP contribution in [0.15, 0.2) is 94.2 Å². The SMILES string of the molecule is C=CCN=C1CC(c2ccccc2)CC(=O)/C1=C(/O)CCc1noc2c1C(=O)CC(c1ccccc1)C2. The number of aliphatic hydroxyl groups is 1. The molecule has 37 heavy (non-hydrogen) atoms. The molecule has 0 radical (unpaired) electrons. The van der Waals surface area contributed by atoms with Gasteiger partial charge in [0.15, 0.2) is 11.6 Å². The Morgan fingerprint density at radius 2 is 1.57 bits per heavy atom. The van der Waals surface area contributed by atoms with E-state index in [0.29, 0.717) is 67.0 Å². The van der Waals surface area contributed by atoms with Crippen molar-refractivity contribution in [2.45, 2.75) is 50.4 Å². The lowest BCUT2D eigenvalue weighted by atomic mass is 9.78. The Kier molecular flexibility index (Phi) is 7.26. The predicted octanol–water partition coefficient (Wildman–Crippen LogP) is 6.11. The van der Waals surface area contributed by atoms with Crippen molar-refractivity contribution >= 4 is 17.3 Å². The second-order valence-electron chi connectivity index (χ2n) is 9.70. The zero-order chi connectivity index (χ0) is 25.8. The molecule has 0 amide bonds. The van der Waals surface area contributed by atoms with E-state index in [1.165, 1.54) is 0 Å². The number of hydrogen-bond donors (Lipinski definition) is 1. The zero-order valence-corrected chi connectivity index (χ0v) is 20.7. The van der Waals surface area contributed by atoms with E-state index in [1.807, 2.05) is 60.7 Å². The van der Waals surface area contributed by atoms with Gasteiger partial charge in [0, 0.05) is 37.8 Å². The van der Waals surface area contributed by atoms with Gasteiger partial charge in [0.1, 0.15) is 11.5 Å². The molecular weight excluding hydrogens is 464 g/mol. The number of aliphatic imine (C=N–C) groups is 1. The van der Waals surface area contributed by atoms with E-state index in [0.717, 1.165) is 11.1 Å². The Morgan fingerprint density at radius 3 is 2.22 bits per heavy atom. The highest BCUT2D eigenvalue weighted by molar-refractivity contribution is 6.24. The van der Waals surface area contributed by atoms with Gasteiger partial charge in [-0.15, -0.1) is 6.58 Å². The van der Waals surface area contributed by atoms with E-state index in [2.05, 4.69) is 16.7 Å². The first-order valence-corrected chi connectivity index (χ1v) is 12.8. The third kappa shape index (κ3) is 5.24. The topological polar surface area (TPSA) is 92.8 Å². The van der Waals surface area contributed by atoms with Gasteiger partial charge in [-0.1, -0.05) is 71.9 Å². The summed E-state index contributed by atoms with van der Waals surface area (Å²) >= 11 is 0. The highest BCUT2D eigenvalue weighted by Gasteiger charge is 2.34. The number of carbonyl (C=O) groups excluding carboxylic acids is 2. The summed E-state index contributed by atoms with van der Waals surface area (Å²) in [5.41, 5.74) is 4.16. The van der Waals surface area contributed by atoms with Crippen LogP contribution in [-0.2, 0) is 17.6 Å². The summed E-state index contributed by atoms with van der Waals surface area (Å²) < 4.78 is 5.58. The molecule has 0 saturated heterocycles. The van der Waals surface area contributed by atoms with Crippen molar-refractivity contribution in [3.63, 3.8) is 0 Å². The number of aryl methyl sites for hydroxylation is 1. The Bertz CT molecular complexity index is 1370. The van der Waals surface area contributed by atoms with E-state index in [4.69, 9.17) is 4.52 Å². The fourth-order valence-corrected chi connectivity index (χ4v) is 5.43. The molecule has 188 valence electrons. The summed E-state index contributed by atoms with van der Waals surface area (Å²) in [4.78, 5) is 30.8. The first-order chi connectivity index (χ1) is 18.0. The zero-order valence-electron chi connectivity index (χ0n) is 20.7. The van der Waals surface area contributed by atoms with Crippen LogP contribution in [0.25, 0.3) is 0 Å². The van der Waals surface area contributed by atoms with Crippen molar-refractivity contribution in [3.8, 4) is 0 Å². The fourth-order valence-electron chi connectivity index (χ4n) is 5.43. The largest absolute Gasteiger partial charge is 0.511 e. The number of ketones is 2. The molecule has 2 aliphatic rings. The number of benzene rings is 2. The smallest absolute Gasteiger partial charge is 0.168 e. The first kappa shape index (κ1) is 24.6. The average molecular weight is 495 g/mol. The maximum absolute atomic E-state index is 13.2. The summed E-state index contributed by atoms with van der Waals surface area (Å²) in [6.07, 6.45) is 4.06. The molecule has 5 rings (SSSR count). The Labute approximate surface area is 216 Å². The van der Waals surface area contributed by atoms with E-state index < -0.39 is 0 Å². The van der Waals surface area contributed by atoms with Crippen LogP contribution >= 0.6 is 0 Å². The Morgan fingerprint density at radius 1 is 0.946 bits per heavy atom. The number of Topliss-reactive ketones (excluding diaryl/α,β-unsaturated/α-hetero) is 2. The number of fused-ring (bicyclic) bond motifs is 1. The van der Waals surface area contributed by atoms with Crippen molar-refractivity contribution in [1.29, 1.82) is 0 Å². The average Bonchev–Trinajstić information content (AvgIpc) is 3.35. The van der Waals surface area contributed by atoms with Crippen molar-refractivity contribution in [3.05, 3.63) is 113 Å². The number of nitrogens with zero attached hydrogens (tertiary/aromatic N) is 2. The lowest BCUT2D eigenvalue weighted by molar-refractivity contribution is -0.116. The molecule has 6 heteroatoms. The van der Waals surface area contributed by atoms with Gasteiger partial charge in [-0.05, 0) is 29.4 Å². The minimum atomic E-state index is -0.121. The molecule has 1 aromatic heterocycles. The summed E-state index contributed by atoms with van der Waals surface area (Å²) in [5.74, 6) is 0.558. The van der Waals surface area contributed by atoms with Gasteiger partial charge < -0.3 is 9.63 Å². The van der Waals surface area contributed by atoms with Crippen LogP contribution in [-0.4, -0.2) is 34.1 Å². The summed E-state index contributed by atoms with van der Waals surface area (Å²) in [5, 5.41) is 15.2. The van der Waals surface area contributed by atoms with Crippen LogP contribution in [0.4, 0.5) is 0 Å². The van der Waals surface area contributed by atoms with E-state index in [1.54, 1.807) is 6.08 Å². The van der Waals surface area contributed by atoms with Gasteiger partial charge in [-0.3, -0.25) is 14.6 Å². The molecule has 2 aromatic carbocycles. The quantitative estimate of drug-likeness (QED) is 0.243. The monoisotopic (exact) mass is 494 g/mol. The van der Waals surface area contributed by atoms with Gasteiger partial charge in [-0.25, -0.2) is 0 Å². The summed E-state index contributed by atoms with van der Waals surface area (Å²) in [6, 6.07) is 19.9. The van der Waals surface area contributed by atoms with Gasteiger partial charge in [0.05, 0.1) is 23.4 Å². The molecule has 1 N–H and O–H groups in total. The highest BCUT2D eigenvalue weighted by atomic mass is 16.5. The maximum atomic E-state index is 13.2. The van der Waals surface area contributed by atoms with Crippen molar-refractivity contribution < 1.29 is 19.2 Å². The number of allylic oxidation sites excluding steroid dienone is 2. The van der Waals surface area contributed by atoms with Crippen LogP contribution in [0.3, 0.4) is 0 Å². The fraction of sp³-hybridized carbons (Fsp3) is 0.290. The first-order valence-electron chi connectivity index (χ1n) is 12.8. The number of aliphatic hydroxyl groups excluding tert-OH is 1. The maximum Gasteiger partial charge on any atom is 0.168 e. The van der Waals surface area contributed by atoms with Crippen LogP contribution in [0.5, 0.6) is 0 Å². The lowest BCUT2D eigenvalue weighted by Gasteiger charge is -2.26. The second kappa shape index (κ2) is 10.9. The normalized spacial score (nSPS) is 22.1. The van der Waals surface area contributed by atoms with Gasteiger partial charge in [0.25, 0.3) is 0 Å². The third-order valence-corrected chi connectivity index (χ3v) is 7.26.